The van der Waals surface area contributed by atoms with E-state index in [1.807, 2.05) is 37.1 Å². The van der Waals surface area contributed by atoms with Gasteiger partial charge in [0, 0.05) is 64.4 Å². The molecule has 0 spiro atoms. The van der Waals surface area contributed by atoms with Crippen molar-refractivity contribution in [2.75, 3.05) is 34.2 Å². The predicted molar refractivity (Wildman–Crippen MR) is 104 cm³/mol. The van der Waals surface area contributed by atoms with Crippen LogP contribution in [0.15, 0.2) is 11.8 Å². The summed E-state index contributed by atoms with van der Waals surface area (Å²) in [5, 5.41) is 0. The van der Waals surface area contributed by atoms with Crippen molar-refractivity contribution >= 4 is 11.7 Å². The molecule has 0 bridgehead atoms. The summed E-state index contributed by atoms with van der Waals surface area (Å²) in [5.74, 6) is 1.40. The third-order valence-corrected chi connectivity index (χ3v) is 6.25. The fourth-order valence-corrected chi connectivity index (χ4v) is 4.83. The summed E-state index contributed by atoms with van der Waals surface area (Å²) in [7, 11) is 5.92. The Morgan fingerprint density at radius 3 is 2.58 bits per heavy atom. The first-order valence-corrected chi connectivity index (χ1v) is 10.3. The first-order chi connectivity index (χ1) is 12.4. The summed E-state index contributed by atoms with van der Waals surface area (Å²) in [6.45, 7) is 4.28. The number of nitrogens with zero attached hydrogens (tertiary/aromatic N) is 3. The van der Waals surface area contributed by atoms with Crippen LogP contribution in [-0.2, 0) is 9.59 Å². The molecule has 1 saturated heterocycles. The molecule has 0 aromatic heterocycles. The third-order valence-electron chi connectivity index (χ3n) is 6.25. The highest BCUT2D eigenvalue weighted by Crippen LogP contribution is 2.39. The van der Waals surface area contributed by atoms with E-state index in [0.29, 0.717) is 48.5 Å². The molecule has 3 aliphatic rings. The summed E-state index contributed by atoms with van der Waals surface area (Å²) < 4.78 is 0. The van der Waals surface area contributed by atoms with Crippen LogP contribution in [-0.4, -0.2) is 72.7 Å². The SMILES string of the molecule is CCCN1C[C@@H](CC(=O)N(C)C2CC2)C[C@@H]2CC(=O)C(=CN(C)C)C[C@H]21. The number of amides is 1. The average molecular weight is 362 g/mol. The van der Waals surface area contributed by atoms with Crippen molar-refractivity contribution in [3.63, 3.8) is 0 Å². The molecule has 3 rings (SSSR count). The van der Waals surface area contributed by atoms with Gasteiger partial charge in [-0.3, -0.25) is 14.5 Å². The van der Waals surface area contributed by atoms with Crippen molar-refractivity contribution < 1.29 is 9.59 Å². The van der Waals surface area contributed by atoms with Crippen molar-refractivity contribution in [1.29, 1.82) is 0 Å². The van der Waals surface area contributed by atoms with E-state index in [2.05, 4.69) is 11.8 Å². The monoisotopic (exact) mass is 361 g/mol. The summed E-state index contributed by atoms with van der Waals surface area (Å²) >= 11 is 0. The zero-order valence-electron chi connectivity index (χ0n) is 16.9. The predicted octanol–water partition coefficient (Wildman–Crippen LogP) is 2.52. The van der Waals surface area contributed by atoms with Gasteiger partial charge in [0.25, 0.3) is 0 Å². The molecule has 5 heteroatoms. The number of hydrogen-bond donors (Lipinski definition) is 0. The number of hydrogen-bond acceptors (Lipinski definition) is 4. The molecule has 0 unspecified atom stereocenters. The Labute approximate surface area is 158 Å². The topological polar surface area (TPSA) is 43.9 Å². The molecule has 5 nitrogen and oxygen atoms in total. The Balaban J connectivity index is 1.68. The fraction of sp³-hybridized carbons (Fsp3) is 0.810. The van der Waals surface area contributed by atoms with Gasteiger partial charge in [-0.1, -0.05) is 6.92 Å². The maximum atomic E-state index is 12.6. The molecule has 1 heterocycles. The lowest BCUT2D eigenvalue weighted by Crippen LogP contribution is -2.52. The lowest BCUT2D eigenvalue weighted by Gasteiger charge is -2.47. The van der Waals surface area contributed by atoms with Crippen LogP contribution in [0.5, 0.6) is 0 Å². The van der Waals surface area contributed by atoms with E-state index >= 15 is 0 Å². The van der Waals surface area contributed by atoms with Crippen molar-refractivity contribution in [2.45, 2.75) is 64.0 Å². The molecule has 2 aliphatic carbocycles. The summed E-state index contributed by atoms with van der Waals surface area (Å²) in [4.78, 5) is 31.7. The van der Waals surface area contributed by atoms with Crippen molar-refractivity contribution in [2.24, 2.45) is 11.8 Å². The second-order valence-electron chi connectivity index (χ2n) is 8.81. The number of Topliss-reactive ketones (excluding diaryl/α,β-unsaturated/α-hetero) is 1. The minimum absolute atomic E-state index is 0.294. The Hall–Kier alpha value is -1.36. The van der Waals surface area contributed by atoms with Gasteiger partial charge in [0.2, 0.25) is 5.91 Å². The Morgan fingerprint density at radius 2 is 1.96 bits per heavy atom. The van der Waals surface area contributed by atoms with Gasteiger partial charge in [0.05, 0.1) is 0 Å². The molecule has 26 heavy (non-hydrogen) atoms. The van der Waals surface area contributed by atoms with Gasteiger partial charge in [-0.05, 0) is 50.5 Å². The number of fused-ring (bicyclic) bond motifs is 1. The Morgan fingerprint density at radius 1 is 1.23 bits per heavy atom. The second kappa shape index (κ2) is 8.12. The average Bonchev–Trinajstić information content (AvgIpc) is 3.40. The van der Waals surface area contributed by atoms with Gasteiger partial charge >= 0.3 is 0 Å². The van der Waals surface area contributed by atoms with Gasteiger partial charge < -0.3 is 9.80 Å². The van der Waals surface area contributed by atoms with E-state index in [-0.39, 0.29) is 0 Å². The minimum atomic E-state index is 0.294. The van der Waals surface area contributed by atoms with Gasteiger partial charge in [0.15, 0.2) is 5.78 Å². The molecule has 1 amide bonds. The molecule has 0 N–H and O–H groups in total. The Kier molecular flexibility index (Phi) is 6.06. The number of rotatable bonds is 6. The highest BCUT2D eigenvalue weighted by Gasteiger charge is 2.42. The molecule has 146 valence electrons. The highest BCUT2D eigenvalue weighted by atomic mass is 16.2. The highest BCUT2D eigenvalue weighted by molar-refractivity contribution is 5.96. The van der Waals surface area contributed by atoms with Crippen molar-refractivity contribution in [3.05, 3.63) is 11.8 Å². The first kappa shape index (κ1) is 19.4. The molecule has 1 aliphatic heterocycles. The van der Waals surface area contributed by atoms with Crippen LogP contribution >= 0.6 is 0 Å². The van der Waals surface area contributed by atoms with Crippen molar-refractivity contribution in [1.82, 2.24) is 14.7 Å². The molecule has 0 aromatic rings. The lowest BCUT2D eigenvalue weighted by molar-refractivity contribution is -0.132. The number of piperidine rings is 1. The summed E-state index contributed by atoms with van der Waals surface area (Å²) in [6, 6.07) is 0.951. The van der Waals surface area contributed by atoms with Crippen LogP contribution in [0.2, 0.25) is 0 Å². The normalized spacial score (nSPS) is 31.0. The maximum absolute atomic E-state index is 12.6. The van der Waals surface area contributed by atoms with E-state index in [9.17, 15) is 9.59 Å². The van der Waals surface area contributed by atoms with Gasteiger partial charge in [-0.25, -0.2) is 0 Å². The largest absolute Gasteiger partial charge is 0.383 e. The zero-order chi connectivity index (χ0) is 18.8. The Bertz CT molecular complexity index is 568. The third kappa shape index (κ3) is 4.48. The number of carbonyl (C=O) groups is 2. The number of ketones is 1. The zero-order valence-corrected chi connectivity index (χ0v) is 16.9. The summed E-state index contributed by atoms with van der Waals surface area (Å²) in [6.07, 6.45) is 8.62. The summed E-state index contributed by atoms with van der Waals surface area (Å²) in [5.41, 5.74) is 0.973. The van der Waals surface area contributed by atoms with Crippen LogP contribution in [0.25, 0.3) is 0 Å². The van der Waals surface area contributed by atoms with E-state index in [4.69, 9.17) is 0 Å². The van der Waals surface area contributed by atoms with Crippen LogP contribution in [0, 0.1) is 11.8 Å². The standard InChI is InChI=1S/C21H35N3O2/c1-5-8-24-13-15(10-21(26)23(4)18-6-7-18)9-16-12-20(25)17(11-19(16)24)14-22(2)3/h14-16,18-19H,5-13H2,1-4H3/t15-,16-,19-/m1/s1. The quantitative estimate of drug-likeness (QED) is 0.682. The van der Waals surface area contributed by atoms with Gasteiger partial charge in [0.1, 0.15) is 0 Å². The van der Waals surface area contributed by atoms with Crippen LogP contribution < -0.4 is 0 Å². The molecular formula is C21H35N3O2. The molecular weight excluding hydrogens is 326 g/mol. The van der Waals surface area contributed by atoms with Gasteiger partial charge in [-0.15, -0.1) is 0 Å². The van der Waals surface area contributed by atoms with E-state index < -0.39 is 0 Å². The van der Waals surface area contributed by atoms with Gasteiger partial charge in [-0.2, -0.15) is 0 Å². The smallest absolute Gasteiger partial charge is 0.222 e. The second-order valence-corrected chi connectivity index (χ2v) is 8.81. The molecule has 3 fully saturated rings. The van der Waals surface area contributed by atoms with Crippen LogP contribution in [0.3, 0.4) is 0 Å². The van der Waals surface area contributed by atoms with E-state index in [1.54, 1.807) is 0 Å². The lowest BCUT2D eigenvalue weighted by atomic mass is 9.72. The molecule has 3 atom stereocenters. The molecule has 0 radical (unpaired) electrons. The minimum Gasteiger partial charge on any atom is -0.383 e. The number of likely N-dealkylation sites (tertiary alicyclic amines) is 1. The first-order valence-electron chi connectivity index (χ1n) is 10.3. The molecule has 2 saturated carbocycles. The molecule has 0 aromatic carbocycles. The van der Waals surface area contributed by atoms with Crippen LogP contribution in [0.4, 0.5) is 0 Å². The maximum Gasteiger partial charge on any atom is 0.222 e. The fourth-order valence-electron chi connectivity index (χ4n) is 4.83. The van der Waals surface area contributed by atoms with Crippen molar-refractivity contribution in [3.8, 4) is 0 Å². The van der Waals surface area contributed by atoms with E-state index in [0.717, 1.165) is 50.8 Å². The van der Waals surface area contributed by atoms with Crippen LogP contribution in [0.1, 0.15) is 51.9 Å². The van der Waals surface area contributed by atoms with E-state index in [1.165, 1.54) is 0 Å². The number of carbonyl (C=O) groups excluding carboxylic acids is 2.